The molecule has 0 unspecified atom stereocenters. The Balaban J connectivity index is 1.44. The number of carbonyl (C=O) groups excluding carboxylic acids is 1. The monoisotopic (exact) mass is 455 g/mol. The second-order valence-electron chi connectivity index (χ2n) is 6.89. The van der Waals surface area contributed by atoms with Crippen LogP contribution < -0.4 is 5.32 Å². The minimum absolute atomic E-state index is 0.00679. The smallest absolute Gasteiger partial charge is 0.325 e. The number of rotatable bonds is 5. The fraction of sp³-hybridized carbons (Fsp3) is 0.136. The number of fused-ring (bicyclic) bond motifs is 1. The third-order valence-electron chi connectivity index (χ3n) is 4.50. The zero-order chi connectivity index (χ0) is 22.7. The number of aryl methyl sites for hydroxylation is 1. The molecule has 10 heteroatoms. The van der Waals surface area contributed by atoms with Crippen LogP contribution in [0.2, 0.25) is 0 Å². The highest BCUT2D eigenvalue weighted by atomic mass is 32.2. The van der Waals surface area contributed by atoms with Gasteiger partial charge in [0.25, 0.3) is 0 Å². The van der Waals surface area contributed by atoms with Crippen LogP contribution in [0.25, 0.3) is 22.4 Å². The molecule has 0 bridgehead atoms. The number of anilines is 1. The summed E-state index contributed by atoms with van der Waals surface area (Å²) in [6.45, 7) is 2.00. The summed E-state index contributed by atoms with van der Waals surface area (Å²) in [5.41, 5.74) is 1.95. The molecule has 0 aliphatic carbocycles. The molecule has 0 atom stereocenters. The second-order valence-corrected chi connectivity index (χ2v) is 7.85. The molecule has 0 fully saturated rings. The minimum atomic E-state index is -4.42. The molecule has 2 heterocycles. The lowest BCUT2D eigenvalue weighted by molar-refractivity contribution is -0.137. The van der Waals surface area contributed by atoms with Crippen molar-refractivity contribution in [2.45, 2.75) is 18.1 Å². The summed E-state index contributed by atoms with van der Waals surface area (Å²) in [4.78, 5) is 29.5. The Morgan fingerprint density at radius 2 is 1.72 bits per heavy atom. The molecule has 162 valence electrons. The molecule has 0 aliphatic heterocycles. The summed E-state index contributed by atoms with van der Waals surface area (Å²) in [5, 5.41) is 3.71. The van der Waals surface area contributed by atoms with E-state index >= 15 is 0 Å². The van der Waals surface area contributed by atoms with Crippen LogP contribution in [-0.4, -0.2) is 31.6 Å². The zero-order valence-corrected chi connectivity index (χ0v) is 17.5. The van der Waals surface area contributed by atoms with Gasteiger partial charge in [0, 0.05) is 17.4 Å². The van der Waals surface area contributed by atoms with E-state index in [2.05, 4.69) is 25.3 Å². The van der Waals surface area contributed by atoms with Crippen molar-refractivity contribution in [3.63, 3.8) is 0 Å². The molecular formula is C22H16F3N5OS. The number of benzene rings is 2. The molecule has 2 aromatic carbocycles. The van der Waals surface area contributed by atoms with Gasteiger partial charge in [-0.15, -0.1) is 0 Å². The van der Waals surface area contributed by atoms with Gasteiger partial charge in [-0.25, -0.2) is 19.9 Å². The zero-order valence-electron chi connectivity index (χ0n) is 16.7. The van der Waals surface area contributed by atoms with Crippen molar-refractivity contribution in [3.8, 4) is 11.4 Å². The molecule has 2 aromatic heterocycles. The summed E-state index contributed by atoms with van der Waals surface area (Å²) >= 11 is 1.17. The van der Waals surface area contributed by atoms with Gasteiger partial charge in [0.05, 0.1) is 16.7 Å². The van der Waals surface area contributed by atoms with E-state index in [-0.39, 0.29) is 17.3 Å². The van der Waals surface area contributed by atoms with Gasteiger partial charge in [0.2, 0.25) is 5.91 Å². The summed E-state index contributed by atoms with van der Waals surface area (Å²) < 4.78 is 37.9. The Bertz CT molecular complexity index is 1260. The Kier molecular flexibility index (Phi) is 6.04. The van der Waals surface area contributed by atoms with Gasteiger partial charge in [0.15, 0.2) is 11.5 Å². The van der Waals surface area contributed by atoms with Crippen LogP contribution in [-0.2, 0) is 11.0 Å². The van der Waals surface area contributed by atoms with Crippen LogP contribution in [0.5, 0.6) is 0 Å². The first kappa shape index (κ1) is 21.7. The third-order valence-corrected chi connectivity index (χ3v) is 5.51. The first-order chi connectivity index (χ1) is 15.3. The first-order valence-electron chi connectivity index (χ1n) is 9.44. The lowest BCUT2D eigenvalue weighted by Gasteiger charge is -2.09. The normalized spacial score (nSPS) is 11.5. The topological polar surface area (TPSA) is 80.7 Å². The number of halogens is 3. The minimum Gasteiger partial charge on any atom is -0.325 e. The summed E-state index contributed by atoms with van der Waals surface area (Å²) in [6.07, 6.45) is -1.44. The fourth-order valence-corrected chi connectivity index (χ4v) is 3.62. The number of thioether (sulfide) groups is 1. The molecule has 0 spiro atoms. The average Bonchev–Trinajstić information content (AvgIpc) is 2.77. The highest BCUT2D eigenvalue weighted by Crippen LogP contribution is 2.30. The lowest BCUT2D eigenvalue weighted by atomic mass is 10.1. The Labute approximate surface area is 185 Å². The van der Waals surface area contributed by atoms with Crippen molar-refractivity contribution in [2.24, 2.45) is 0 Å². The van der Waals surface area contributed by atoms with Crippen LogP contribution in [0.4, 0.5) is 18.9 Å². The fourth-order valence-electron chi connectivity index (χ4n) is 2.86. The Hall–Kier alpha value is -3.53. The van der Waals surface area contributed by atoms with Crippen molar-refractivity contribution in [1.82, 2.24) is 19.9 Å². The van der Waals surface area contributed by atoms with Crippen LogP contribution in [0.15, 0.2) is 66.1 Å². The third kappa shape index (κ3) is 5.02. The number of nitrogens with one attached hydrogen (secondary N) is 1. The van der Waals surface area contributed by atoms with E-state index in [4.69, 9.17) is 0 Å². The number of nitrogens with zero attached hydrogens (tertiary/aromatic N) is 4. The molecule has 4 aromatic rings. The number of hydrogen-bond acceptors (Lipinski definition) is 6. The predicted molar refractivity (Wildman–Crippen MR) is 116 cm³/mol. The van der Waals surface area contributed by atoms with E-state index in [9.17, 15) is 18.0 Å². The van der Waals surface area contributed by atoms with Crippen LogP contribution in [0, 0.1) is 6.92 Å². The molecule has 6 nitrogen and oxygen atoms in total. The van der Waals surface area contributed by atoms with Gasteiger partial charge < -0.3 is 5.32 Å². The summed E-state index contributed by atoms with van der Waals surface area (Å²) in [6, 6.07) is 12.1. The van der Waals surface area contributed by atoms with E-state index in [1.54, 1.807) is 6.20 Å². The van der Waals surface area contributed by atoms with Crippen molar-refractivity contribution >= 4 is 34.4 Å². The van der Waals surface area contributed by atoms with Crippen molar-refractivity contribution in [2.75, 3.05) is 11.1 Å². The molecular weight excluding hydrogens is 439 g/mol. The number of hydrogen-bond donors (Lipinski definition) is 1. The van der Waals surface area contributed by atoms with Crippen molar-refractivity contribution in [1.29, 1.82) is 0 Å². The van der Waals surface area contributed by atoms with Crippen molar-refractivity contribution < 1.29 is 18.0 Å². The molecule has 0 saturated heterocycles. The van der Waals surface area contributed by atoms with Gasteiger partial charge in [-0.2, -0.15) is 13.2 Å². The number of aromatic nitrogens is 4. The lowest BCUT2D eigenvalue weighted by Crippen LogP contribution is -2.14. The number of carbonyl (C=O) groups is 1. The predicted octanol–water partition coefficient (Wildman–Crippen LogP) is 5.14. The van der Waals surface area contributed by atoms with Gasteiger partial charge in [-0.3, -0.25) is 4.79 Å². The van der Waals surface area contributed by atoms with E-state index in [0.717, 1.165) is 23.3 Å². The first-order valence-corrected chi connectivity index (χ1v) is 10.4. The largest absolute Gasteiger partial charge is 0.416 e. The molecule has 0 aliphatic rings. The van der Waals surface area contributed by atoms with E-state index < -0.39 is 11.7 Å². The number of alkyl halides is 3. The van der Waals surface area contributed by atoms with Gasteiger partial charge in [-0.1, -0.05) is 41.6 Å². The quantitative estimate of drug-likeness (QED) is 0.331. The summed E-state index contributed by atoms with van der Waals surface area (Å²) in [5.74, 6) is 0.165. The van der Waals surface area contributed by atoms with E-state index in [0.29, 0.717) is 21.9 Å². The molecule has 1 N–H and O–H groups in total. The Morgan fingerprint density at radius 1 is 1.00 bits per heavy atom. The maximum absolute atomic E-state index is 12.6. The molecule has 32 heavy (non-hydrogen) atoms. The van der Waals surface area contributed by atoms with Gasteiger partial charge in [-0.05, 0) is 31.2 Å². The van der Waals surface area contributed by atoms with Gasteiger partial charge >= 0.3 is 6.18 Å². The average molecular weight is 455 g/mol. The maximum Gasteiger partial charge on any atom is 0.416 e. The molecule has 1 amide bonds. The second kappa shape index (κ2) is 8.91. The van der Waals surface area contributed by atoms with Crippen LogP contribution >= 0.6 is 11.8 Å². The molecule has 0 radical (unpaired) electrons. The SMILES string of the molecule is Cc1ccc(-c2ncc3c(SCC(=O)Nc4ccc(C(F)(F)F)cc4)ncnc3n2)cc1. The maximum atomic E-state index is 12.6. The molecule has 0 saturated carbocycles. The summed E-state index contributed by atoms with van der Waals surface area (Å²) in [7, 11) is 0. The van der Waals surface area contributed by atoms with Crippen LogP contribution in [0.1, 0.15) is 11.1 Å². The highest BCUT2D eigenvalue weighted by molar-refractivity contribution is 8.00. The van der Waals surface area contributed by atoms with Crippen LogP contribution in [0.3, 0.4) is 0 Å². The van der Waals surface area contributed by atoms with E-state index in [1.165, 1.54) is 30.2 Å². The Morgan fingerprint density at radius 3 is 2.41 bits per heavy atom. The van der Waals surface area contributed by atoms with Crippen molar-refractivity contribution in [3.05, 3.63) is 72.2 Å². The van der Waals surface area contributed by atoms with Gasteiger partial charge in [0.1, 0.15) is 11.4 Å². The number of amides is 1. The molecule has 4 rings (SSSR count). The standard InChI is InChI=1S/C22H16F3N5OS/c1-13-2-4-14(5-3-13)19-26-10-17-20(30-19)27-12-28-21(17)32-11-18(31)29-16-8-6-15(7-9-16)22(23,24)25/h2-10,12H,11H2,1H3,(H,29,31). The highest BCUT2D eigenvalue weighted by Gasteiger charge is 2.30. The van der Waals surface area contributed by atoms with E-state index in [1.807, 2.05) is 31.2 Å².